The highest BCUT2D eigenvalue weighted by Gasteiger charge is 2.23. The maximum absolute atomic E-state index is 6.09. The second kappa shape index (κ2) is 6.22. The zero-order chi connectivity index (χ0) is 12.1. The van der Waals surface area contributed by atoms with Crippen molar-refractivity contribution >= 4 is 0 Å². The fourth-order valence-corrected chi connectivity index (χ4v) is 2.23. The summed E-state index contributed by atoms with van der Waals surface area (Å²) in [6.07, 6.45) is 7.78. The molecule has 1 aromatic rings. The molecule has 0 bridgehead atoms. The third kappa shape index (κ3) is 3.33. The minimum atomic E-state index is -0.0879. The van der Waals surface area contributed by atoms with Crippen LogP contribution in [0.25, 0.3) is 0 Å². The monoisotopic (exact) mass is 237 g/mol. The molecule has 2 atom stereocenters. The normalized spacial score (nSPS) is 19.9. The molecule has 0 aliphatic heterocycles. The summed E-state index contributed by atoms with van der Waals surface area (Å²) in [4.78, 5) is 0. The molecule has 1 aliphatic rings. The van der Waals surface area contributed by atoms with Gasteiger partial charge in [0.2, 0.25) is 0 Å². The number of nitrogens with two attached hydrogens (primary N) is 1. The Bertz CT molecular complexity index is 306. The lowest BCUT2D eigenvalue weighted by Crippen LogP contribution is -2.30. The van der Waals surface area contributed by atoms with Gasteiger partial charge in [-0.25, -0.2) is 0 Å². The smallest absolute Gasteiger partial charge is 0.134 e. The van der Waals surface area contributed by atoms with Crippen LogP contribution in [0, 0.1) is 5.92 Å². The molecule has 0 amide bonds. The van der Waals surface area contributed by atoms with Gasteiger partial charge in [0.1, 0.15) is 11.9 Å². The van der Waals surface area contributed by atoms with E-state index in [0.29, 0.717) is 0 Å². The second-order valence-electron chi connectivity index (χ2n) is 4.96. The number of furan rings is 1. The van der Waals surface area contributed by atoms with Crippen LogP contribution >= 0.6 is 0 Å². The van der Waals surface area contributed by atoms with E-state index in [1.54, 1.807) is 6.26 Å². The molecule has 1 saturated carbocycles. The maximum Gasteiger partial charge on any atom is 0.134 e. The van der Waals surface area contributed by atoms with Crippen LogP contribution in [-0.2, 0) is 4.74 Å². The molecule has 3 heteroatoms. The van der Waals surface area contributed by atoms with Crippen LogP contribution in [0.4, 0.5) is 0 Å². The highest BCUT2D eigenvalue weighted by atomic mass is 16.5. The fourth-order valence-electron chi connectivity index (χ4n) is 2.23. The summed E-state index contributed by atoms with van der Waals surface area (Å²) >= 11 is 0. The van der Waals surface area contributed by atoms with Gasteiger partial charge in [-0.2, -0.15) is 0 Å². The van der Waals surface area contributed by atoms with E-state index in [1.165, 1.54) is 19.3 Å². The van der Waals surface area contributed by atoms with Crippen LogP contribution in [0.1, 0.15) is 50.9 Å². The summed E-state index contributed by atoms with van der Waals surface area (Å²) in [7, 11) is 0. The Morgan fingerprint density at radius 3 is 2.88 bits per heavy atom. The summed E-state index contributed by atoms with van der Waals surface area (Å²) < 4.78 is 11.3. The SMILES string of the molecule is CCC(N)C(OCCC1CCC1)c1ccco1. The quantitative estimate of drug-likeness (QED) is 0.791. The van der Waals surface area contributed by atoms with Gasteiger partial charge in [-0.15, -0.1) is 0 Å². The molecule has 1 heterocycles. The lowest BCUT2D eigenvalue weighted by Gasteiger charge is -2.27. The molecule has 17 heavy (non-hydrogen) atoms. The van der Waals surface area contributed by atoms with E-state index in [4.69, 9.17) is 14.9 Å². The van der Waals surface area contributed by atoms with Crippen molar-refractivity contribution in [2.24, 2.45) is 11.7 Å². The summed E-state index contributed by atoms with van der Waals surface area (Å²) in [6.45, 7) is 2.87. The standard InChI is InChI=1S/C14H23NO2/c1-2-12(15)14(13-7-4-9-16-13)17-10-8-11-5-3-6-11/h4,7,9,11-12,14H,2-3,5-6,8,10,15H2,1H3. The van der Waals surface area contributed by atoms with Crippen LogP contribution in [0.15, 0.2) is 22.8 Å². The van der Waals surface area contributed by atoms with Crippen molar-refractivity contribution in [2.75, 3.05) is 6.61 Å². The van der Waals surface area contributed by atoms with Crippen LogP contribution in [0.5, 0.6) is 0 Å². The van der Waals surface area contributed by atoms with E-state index < -0.39 is 0 Å². The molecule has 0 spiro atoms. The van der Waals surface area contributed by atoms with Crippen molar-refractivity contribution in [1.82, 2.24) is 0 Å². The van der Waals surface area contributed by atoms with E-state index in [9.17, 15) is 0 Å². The van der Waals surface area contributed by atoms with Crippen LogP contribution in [0.3, 0.4) is 0 Å². The van der Waals surface area contributed by atoms with Crippen molar-refractivity contribution < 1.29 is 9.15 Å². The van der Waals surface area contributed by atoms with E-state index in [2.05, 4.69) is 6.92 Å². The predicted octanol–water partition coefficient (Wildman–Crippen LogP) is 3.26. The number of ether oxygens (including phenoxy) is 1. The highest BCUT2D eigenvalue weighted by molar-refractivity contribution is 5.04. The molecular weight excluding hydrogens is 214 g/mol. The molecule has 0 radical (unpaired) electrons. The van der Waals surface area contributed by atoms with Gasteiger partial charge in [0.25, 0.3) is 0 Å². The van der Waals surface area contributed by atoms with Gasteiger partial charge in [0.15, 0.2) is 0 Å². The van der Waals surface area contributed by atoms with Crippen molar-refractivity contribution in [2.45, 2.75) is 51.2 Å². The van der Waals surface area contributed by atoms with Crippen LogP contribution in [-0.4, -0.2) is 12.6 Å². The highest BCUT2D eigenvalue weighted by Crippen LogP contribution is 2.30. The molecular formula is C14H23NO2. The molecule has 0 aromatic carbocycles. The summed E-state index contributed by atoms with van der Waals surface area (Å²) in [5.41, 5.74) is 6.09. The van der Waals surface area contributed by atoms with Gasteiger partial charge in [-0.05, 0) is 30.9 Å². The summed E-state index contributed by atoms with van der Waals surface area (Å²) in [5, 5.41) is 0. The van der Waals surface area contributed by atoms with Gasteiger partial charge >= 0.3 is 0 Å². The maximum atomic E-state index is 6.09. The first-order valence-electron chi connectivity index (χ1n) is 6.71. The van der Waals surface area contributed by atoms with Crippen LogP contribution in [0.2, 0.25) is 0 Å². The summed E-state index contributed by atoms with van der Waals surface area (Å²) in [6, 6.07) is 3.85. The number of hydrogen-bond donors (Lipinski definition) is 1. The van der Waals surface area contributed by atoms with Crippen molar-refractivity contribution in [1.29, 1.82) is 0 Å². The Labute approximate surface area is 103 Å². The summed E-state index contributed by atoms with van der Waals surface area (Å²) in [5.74, 6) is 1.73. The average molecular weight is 237 g/mol. The third-order valence-electron chi connectivity index (χ3n) is 3.73. The molecule has 1 aliphatic carbocycles. The van der Waals surface area contributed by atoms with Crippen molar-refractivity contribution in [3.63, 3.8) is 0 Å². The topological polar surface area (TPSA) is 48.4 Å². The molecule has 1 aromatic heterocycles. The number of hydrogen-bond acceptors (Lipinski definition) is 3. The van der Waals surface area contributed by atoms with Gasteiger partial charge in [0.05, 0.1) is 6.26 Å². The molecule has 2 N–H and O–H groups in total. The lowest BCUT2D eigenvalue weighted by atomic mass is 9.83. The van der Waals surface area contributed by atoms with Gasteiger partial charge in [-0.3, -0.25) is 0 Å². The molecule has 96 valence electrons. The van der Waals surface area contributed by atoms with E-state index in [0.717, 1.165) is 31.1 Å². The van der Waals surface area contributed by atoms with E-state index in [-0.39, 0.29) is 12.1 Å². The molecule has 3 nitrogen and oxygen atoms in total. The van der Waals surface area contributed by atoms with E-state index in [1.807, 2.05) is 12.1 Å². The van der Waals surface area contributed by atoms with Crippen molar-refractivity contribution in [3.8, 4) is 0 Å². The van der Waals surface area contributed by atoms with E-state index >= 15 is 0 Å². The number of rotatable bonds is 7. The Balaban J connectivity index is 1.82. The zero-order valence-electron chi connectivity index (χ0n) is 10.6. The van der Waals surface area contributed by atoms with Crippen LogP contribution < -0.4 is 5.73 Å². The van der Waals surface area contributed by atoms with Gasteiger partial charge in [0, 0.05) is 12.6 Å². The fraction of sp³-hybridized carbons (Fsp3) is 0.714. The first kappa shape index (κ1) is 12.7. The first-order valence-corrected chi connectivity index (χ1v) is 6.71. The third-order valence-corrected chi connectivity index (χ3v) is 3.73. The van der Waals surface area contributed by atoms with Gasteiger partial charge in [-0.1, -0.05) is 26.2 Å². The first-order chi connectivity index (χ1) is 8.31. The van der Waals surface area contributed by atoms with Crippen molar-refractivity contribution in [3.05, 3.63) is 24.2 Å². The Morgan fingerprint density at radius 2 is 2.35 bits per heavy atom. The predicted molar refractivity (Wildman–Crippen MR) is 67.6 cm³/mol. The Morgan fingerprint density at radius 1 is 1.53 bits per heavy atom. The molecule has 1 fully saturated rings. The molecule has 2 unspecified atom stereocenters. The zero-order valence-corrected chi connectivity index (χ0v) is 10.6. The largest absolute Gasteiger partial charge is 0.467 e. The Kier molecular flexibility index (Phi) is 4.63. The Hall–Kier alpha value is -0.800. The van der Waals surface area contributed by atoms with Gasteiger partial charge < -0.3 is 14.9 Å². The minimum Gasteiger partial charge on any atom is -0.467 e. The average Bonchev–Trinajstić information content (AvgIpc) is 2.79. The lowest BCUT2D eigenvalue weighted by molar-refractivity contribution is 0.00755. The second-order valence-corrected chi connectivity index (χ2v) is 4.96. The minimum absolute atomic E-state index is 0.0162. The molecule has 2 rings (SSSR count). The molecule has 0 saturated heterocycles.